The average Bonchev–Trinajstić information content (AvgIpc) is 2.21. The maximum atomic E-state index is 13.7. The lowest BCUT2D eigenvalue weighted by Crippen LogP contribution is -2.52. The zero-order valence-electron chi connectivity index (χ0n) is 10.3. The molecule has 3 nitrogen and oxygen atoms in total. The van der Waals surface area contributed by atoms with Crippen LogP contribution in [0.15, 0.2) is 21.5 Å². The highest BCUT2D eigenvalue weighted by Crippen LogP contribution is 2.37. The first-order valence-electron chi connectivity index (χ1n) is 5.98. The van der Waals surface area contributed by atoms with Gasteiger partial charge in [0.05, 0.1) is 0 Å². The van der Waals surface area contributed by atoms with Gasteiger partial charge in [-0.05, 0) is 47.7 Å². The van der Waals surface area contributed by atoms with Gasteiger partial charge in [-0.15, -0.1) is 0 Å². The van der Waals surface area contributed by atoms with Crippen molar-refractivity contribution in [3.05, 3.63) is 28.2 Å². The van der Waals surface area contributed by atoms with Crippen molar-refractivity contribution >= 4 is 26.0 Å². The predicted molar refractivity (Wildman–Crippen MR) is 71.3 cm³/mol. The Morgan fingerprint density at radius 2 is 2.00 bits per heavy atom. The van der Waals surface area contributed by atoms with Gasteiger partial charge in [-0.1, -0.05) is 6.92 Å². The summed E-state index contributed by atoms with van der Waals surface area (Å²) in [5.74, 6) is -1.91. The Balaban J connectivity index is 2.40. The molecule has 0 radical (unpaired) electrons. The van der Waals surface area contributed by atoms with E-state index in [4.69, 9.17) is 0 Å². The molecule has 0 aliphatic heterocycles. The average molecular weight is 354 g/mol. The molecule has 0 heterocycles. The molecule has 106 valence electrons. The number of halogens is 3. The van der Waals surface area contributed by atoms with Gasteiger partial charge in [0.25, 0.3) is 0 Å². The Bertz CT molecular complexity index is 571. The molecule has 1 aliphatic rings. The third kappa shape index (κ3) is 2.83. The summed E-state index contributed by atoms with van der Waals surface area (Å²) in [6, 6.07) is 1.51. The van der Waals surface area contributed by atoms with Crippen LogP contribution in [-0.2, 0) is 10.0 Å². The quantitative estimate of drug-likeness (QED) is 0.902. The van der Waals surface area contributed by atoms with Gasteiger partial charge >= 0.3 is 0 Å². The van der Waals surface area contributed by atoms with E-state index in [9.17, 15) is 17.2 Å². The van der Waals surface area contributed by atoms with Gasteiger partial charge in [-0.3, -0.25) is 0 Å². The lowest BCUT2D eigenvalue weighted by molar-refractivity contribution is 0.213. The molecule has 19 heavy (non-hydrogen) atoms. The second-order valence-corrected chi connectivity index (χ2v) is 7.27. The molecular weight excluding hydrogens is 340 g/mol. The maximum Gasteiger partial charge on any atom is 0.245 e. The Labute approximate surface area is 119 Å². The van der Waals surface area contributed by atoms with Crippen LogP contribution in [0.4, 0.5) is 8.78 Å². The van der Waals surface area contributed by atoms with E-state index in [0.717, 1.165) is 25.3 Å². The van der Waals surface area contributed by atoms with Crippen molar-refractivity contribution < 1.29 is 17.2 Å². The molecule has 0 unspecified atom stereocenters. The van der Waals surface area contributed by atoms with E-state index in [1.807, 2.05) is 6.92 Å². The number of sulfonamides is 1. The highest BCUT2D eigenvalue weighted by atomic mass is 79.9. The van der Waals surface area contributed by atoms with Gasteiger partial charge in [0.2, 0.25) is 10.0 Å². The Morgan fingerprint density at radius 1 is 1.37 bits per heavy atom. The molecule has 1 aromatic carbocycles. The summed E-state index contributed by atoms with van der Waals surface area (Å²) in [6.07, 6.45) is 3.07. The Kier molecular flexibility index (Phi) is 3.99. The van der Waals surface area contributed by atoms with E-state index in [0.29, 0.717) is 12.5 Å². The molecule has 1 N–H and O–H groups in total. The van der Waals surface area contributed by atoms with Gasteiger partial charge < -0.3 is 0 Å². The first kappa shape index (κ1) is 14.9. The summed E-state index contributed by atoms with van der Waals surface area (Å²) in [5.41, 5.74) is -0.487. The lowest BCUT2D eigenvalue weighted by atomic mass is 9.76. The molecule has 2 rings (SSSR count). The van der Waals surface area contributed by atoms with Crippen molar-refractivity contribution in [2.24, 2.45) is 0 Å². The molecule has 0 aromatic heterocycles. The van der Waals surface area contributed by atoms with E-state index in [-0.39, 0.29) is 4.47 Å². The van der Waals surface area contributed by atoms with Crippen molar-refractivity contribution in [3.63, 3.8) is 0 Å². The zero-order chi connectivity index (χ0) is 14.3. The van der Waals surface area contributed by atoms with Crippen molar-refractivity contribution in [3.8, 4) is 0 Å². The normalized spacial score (nSPS) is 18.1. The summed E-state index contributed by atoms with van der Waals surface area (Å²) in [6.45, 7) is 1.89. The van der Waals surface area contributed by atoms with E-state index >= 15 is 0 Å². The second kappa shape index (κ2) is 5.10. The van der Waals surface area contributed by atoms with Crippen LogP contribution in [-0.4, -0.2) is 14.0 Å². The highest BCUT2D eigenvalue weighted by molar-refractivity contribution is 9.10. The smallest absolute Gasteiger partial charge is 0.207 e. The maximum absolute atomic E-state index is 13.7. The molecule has 1 aromatic rings. The van der Waals surface area contributed by atoms with Crippen LogP contribution in [0.2, 0.25) is 0 Å². The van der Waals surface area contributed by atoms with Crippen LogP contribution in [0.5, 0.6) is 0 Å². The fourth-order valence-electron chi connectivity index (χ4n) is 2.25. The minimum absolute atomic E-state index is 0.108. The molecule has 0 amide bonds. The van der Waals surface area contributed by atoms with E-state index < -0.39 is 32.1 Å². The molecule has 0 bridgehead atoms. The minimum Gasteiger partial charge on any atom is -0.207 e. The summed E-state index contributed by atoms with van der Waals surface area (Å²) >= 11 is 2.90. The molecule has 7 heteroatoms. The molecule has 0 atom stereocenters. The number of hydrogen-bond acceptors (Lipinski definition) is 2. The van der Waals surface area contributed by atoms with Crippen molar-refractivity contribution in [2.45, 2.75) is 43.0 Å². The van der Waals surface area contributed by atoms with Crippen molar-refractivity contribution in [1.82, 2.24) is 4.72 Å². The molecule has 1 fully saturated rings. The topological polar surface area (TPSA) is 46.2 Å². The highest BCUT2D eigenvalue weighted by Gasteiger charge is 2.40. The van der Waals surface area contributed by atoms with Crippen LogP contribution in [0.1, 0.15) is 32.6 Å². The molecule has 0 saturated heterocycles. The fraction of sp³-hybridized carbons (Fsp3) is 0.500. The van der Waals surface area contributed by atoms with E-state index in [1.54, 1.807) is 0 Å². The van der Waals surface area contributed by atoms with Crippen LogP contribution in [0.3, 0.4) is 0 Å². The Morgan fingerprint density at radius 3 is 2.42 bits per heavy atom. The van der Waals surface area contributed by atoms with Crippen LogP contribution < -0.4 is 4.72 Å². The monoisotopic (exact) mass is 353 g/mol. The lowest BCUT2D eigenvalue weighted by Gasteiger charge is -2.41. The molecule has 1 saturated carbocycles. The van der Waals surface area contributed by atoms with Crippen molar-refractivity contribution in [1.29, 1.82) is 0 Å². The largest absolute Gasteiger partial charge is 0.245 e. The SMILES string of the molecule is CCC1(NS(=O)(=O)c2c(F)cc(F)cc2Br)CCC1. The second-order valence-electron chi connectivity index (χ2n) is 4.79. The third-order valence-corrected chi connectivity index (χ3v) is 6.11. The van der Waals surface area contributed by atoms with Gasteiger partial charge in [0, 0.05) is 16.1 Å². The Hall–Kier alpha value is -0.530. The van der Waals surface area contributed by atoms with Gasteiger partial charge in [-0.25, -0.2) is 21.9 Å². The van der Waals surface area contributed by atoms with Crippen LogP contribution in [0.25, 0.3) is 0 Å². The van der Waals surface area contributed by atoms with Crippen LogP contribution in [0, 0.1) is 11.6 Å². The summed E-state index contributed by atoms with van der Waals surface area (Å²) < 4.78 is 53.7. The number of hydrogen-bond donors (Lipinski definition) is 1. The summed E-state index contributed by atoms with van der Waals surface area (Å²) in [5, 5.41) is 0. The zero-order valence-corrected chi connectivity index (χ0v) is 12.7. The first-order valence-corrected chi connectivity index (χ1v) is 8.26. The third-order valence-electron chi connectivity index (χ3n) is 3.57. The number of nitrogens with one attached hydrogen (secondary N) is 1. The molecule has 1 aliphatic carbocycles. The van der Waals surface area contributed by atoms with Gasteiger partial charge in [0.15, 0.2) is 0 Å². The van der Waals surface area contributed by atoms with Gasteiger partial charge in [0.1, 0.15) is 16.5 Å². The van der Waals surface area contributed by atoms with E-state index in [1.165, 1.54) is 0 Å². The number of rotatable bonds is 4. The van der Waals surface area contributed by atoms with Crippen molar-refractivity contribution in [2.75, 3.05) is 0 Å². The standard InChI is InChI=1S/C12H14BrF2NO2S/c1-2-12(4-3-5-12)16-19(17,18)11-9(13)6-8(14)7-10(11)15/h6-7,16H,2-5H2,1H3. The van der Waals surface area contributed by atoms with Gasteiger partial charge in [-0.2, -0.15) is 0 Å². The molecule has 0 spiro atoms. The number of benzene rings is 1. The predicted octanol–water partition coefficient (Wildman–Crippen LogP) is 3.34. The van der Waals surface area contributed by atoms with Crippen LogP contribution >= 0.6 is 15.9 Å². The summed E-state index contributed by atoms with van der Waals surface area (Å²) in [4.78, 5) is -0.534. The first-order chi connectivity index (χ1) is 8.80. The fourth-order valence-corrected chi connectivity index (χ4v) is 4.95. The summed E-state index contributed by atoms with van der Waals surface area (Å²) in [7, 11) is -4.01. The minimum atomic E-state index is -4.01. The van der Waals surface area contributed by atoms with E-state index in [2.05, 4.69) is 20.7 Å². The molecular formula is C12H14BrF2NO2S.